The van der Waals surface area contributed by atoms with Crippen molar-refractivity contribution in [3.63, 3.8) is 0 Å². The van der Waals surface area contributed by atoms with E-state index in [-0.39, 0.29) is 5.82 Å². The fraction of sp³-hybridized carbons (Fsp3) is 0.100. The van der Waals surface area contributed by atoms with Gasteiger partial charge in [-0.3, -0.25) is 4.98 Å². The molecule has 2 aromatic rings. The molecule has 1 aromatic heterocycles. The Kier molecular flexibility index (Phi) is 2.48. The molecule has 0 bridgehead atoms. The Bertz CT molecular complexity index is 485. The van der Waals surface area contributed by atoms with Crippen LogP contribution in [0, 0.1) is 5.82 Å². The van der Waals surface area contributed by atoms with E-state index in [9.17, 15) is 4.39 Å². The summed E-state index contributed by atoms with van der Waals surface area (Å²) in [5.41, 5.74) is 6.23. The van der Waals surface area contributed by atoms with Crippen LogP contribution in [0.4, 0.5) is 4.39 Å². The molecule has 2 rings (SSSR count). The highest BCUT2D eigenvalue weighted by Crippen LogP contribution is 2.26. The van der Waals surface area contributed by atoms with E-state index in [2.05, 4.69) is 20.9 Å². The van der Waals surface area contributed by atoms with Crippen molar-refractivity contribution in [2.45, 2.75) is 6.54 Å². The summed E-state index contributed by atoms with van der Waals surface area (Å²) >= 11 is 3.30. The van der Waals surface area contributed by atoms with Gasteiger partial charge in [-0.15, -0.1) is 0 Å². The zero-order chi connectivity index (χ0) is 10.1. The molecular weight excluding hydrogens is 247 g/mol. The third-order valence-corrected chi connectivity index (χ3v) is 2.73. The Labute approximate surface area is 89.1 Å². The first-order valence-corrected chi connectivity index (χ1v) is 4.94. The van der Waals surface area contributed by atoms with Gasteiger partial charge in [0.25, 0.3) is 0 Å². The fourth-order valence-electron chi connectivity index (χ4n) is 1.43. The standard InChI is InChI=1S/C10H8BrFN2/c11-9-4-6(12)3-8-7(9)1-2-14-10(8)5-13/h1-4H,5,13H2. The van der Waals surface area contributed by atoms with E-state index in [0.29, 0.717) is 12.2 Å². The number of aromatic nitrogens is 1. The SMILES string of the molecule is NCc1nccc2c(Br)cc(F)cc12. The summed E-state index contributed by atoms with van der Waals surface area (Å²) < 4.78 is 13.8. The topological polar surface area (TPSA) is 38.9 Å². The van der Waals surface area contributed by atoms with Gasteiger partial charge in [-0.25, -0.2) is 4.39 Å². The summed E-state index contributed by atoms with van der Waals surface area (Å²) in [5.74, 6) is -0.285. The van der Waals surface area contributed by atoms with E-state index in [1.54, 1.807) is 6.20 Å². The molecule has 72 valence electrons. The van der Waals surface area contributed by atoms with Crippen LogP contribution in [0.2, 0.25) is 0 Å². The van der Waals surface area contributed by atoms with Gasteiger partial charge in [-0.1, -0.05) is 15.9 Å². The van der Waals surface area contributed by atoms with Crippen LogP contribution in [0.1, 0.15) is 5.69 Å². The first-order valence-electron chi connectivity index (χ1n) is 4.15. The summed E-state index contributed by atoms with van der Waals surface area (Å²) in [6.45, 7) is 0.313. The second-order valence-corrected chi connectivity index (χ2v) is 3.80. The summed E-state index contributed by atoms with van der Waals surface area (Å²) in [7, 11) is 0. The Morgan fingerprint density at radius 1 is 1.36 bits per heavy atom. The summed E-state index contributed by atoms with van der Waals surface area (Å²) in [6.07, 6.45) is 1.67. The Morgan fingerprint density at radius 3 is 2.86 bits per heavy atom. The van der Waals surface area contributed by atoms with Gasteiger partial charge in [0.05, 0.1) is 5.69 Å². The van der Waals surface area contributed by atoms with Crippen LogP contribution in [0.5, 0.6) is 0 Å². The minimum Gasteiger partial charge on any atom is -0.325 e. The first-order chi connectivity index (χ1) is 6.72. The van der Waals surface area contributed by atoms with Crippen molar-refractivity contribution in [1.29, 1.82) is 0 Å². The molecule has 0 fully saturated rings. The van der Waals surface area contributed by atoms with Gasteiger partial charge in [0, 0.05) is 22.6 Å². The second kappa shape index (κ2) is 3.63. The number of rotatable bonds is 1. The zero-order valence-corrected chi connectivity index (χ0v) is 8.88. The number of nitrogens with two attached hydrogens (primary N) is 1. The maximum atomic E-state index is 13.1. The van der Waals surface area contributed by atoms with Gasteiger partial charge in [0.1, 0.15) is 5.82 Å². The largest absolute Gasteiger partial charge is 0.325 e. The van der Waals surface area contributed by atoms with E-state index in [4.69, 9.17) is 5.73 Å². The van der Waals surface area contributed by atoms with Crippen molar-refractivity contribution in [2.75, 3.05) is 0 Å². The van der Waals surface area contributed by atoms with Crippen molar-refractivity contribution >= 4 is 26.7 Å². The molecule has 14 heavy (non-hydrogen) atoms. The maximum Gasteiger partial charge on any atom is 0.125 e. The Balaban J connectivity index is 2.86. The lowest BCUT2D eigenvalue weighted by molar-refractivity contribution is 0.628. The van der Waals surface area contributed by atoms with Crippen LogP contribution in [-0.4, -0.2) is 4.98 Å². The highest BCUT2D eigenvalue weighted by Gasteiger charge is 2.05. The van der Waals surface area contributed by atoms with Crippen molar-refractivity contribution < 1.29 is 4.39 Å². The number of halogens is 2. The smallest absolute Gasteiger partial charge is 0.125 e. The number of nitrogens with zero attached hydrogens (tertiary/aromatic N) is 1. The van der Waals surface area contributed by atoms with Crippen LogP contribution in [0.15, 0.2) is 28.9 Å². The number of benzene rings is 1. The average molecular weight is 255 g/mol. The average Bonchev–Trinajstić information content (AvgIpc) is 2.17. The van der Waals surface area contributed by atoms with Crippen molar-refractivity contribution in [1.82, 2.24) is 4.98 Å². The Morgan fingerprint density at radius 2 is 2.14 bits per heavy atom. The summed E-state index contributed by atoms with van der Waals surface area (Å²) in [4.78, 5) is 4.10. The number of pyridine rings is 1. The molecule has 0 unspecified atom stereocenters. The zero-order valence-electron chi connectivity index (χ0n) is 7.30. The molecule has 0 saturated carbocycles. The van der Waals surface area contributed by atoms with E-state index in [1.807, 2.05) is 6.07 Å². The van der Waals surface area contributed by atoms with Gasteiger partial charge >= 0.3 is 0 Å². The lowest BCUT2D eigenvalue weighted by Crippen LogP contribution is -2.00. The van der Waals surface area contributed by atoms with Crippen LogP contribution in [0.3, 0.4) is 0 Å². The number of fused-ring (bicyclic) bond motifs is 1. The molecule has 0 aliphatic rings. The molecule has 1 aromatic carbocycles. The van der Waals surface area contributed by atoms with E-state index in [1.165, 1.54) is 12.1 Å². The molecule has 2 N–H and O–H groups in total. The molecule has 0 spiro atoms. The highest BCUT2D eigenvalue weighted by molar-refractivity contribution is 9.10. The third kappa shape index (κ3) is 1.51. The number of hydrogen-bond acceptors (Lipinski definition) is 2. The van der Waals surface area contributed by atoms with E-state index < -0.39 is 0 Å². The van der Waals surface area contributed by atoms with Crippen molar-refractivity contribution in [3.05, 3.63) is 40.4 Å². The van der Waals surface area contributed by atoms with Crippen LogP contribution < -0.4 is 5.73 Å². The van der Waals surface area contributed by atoms with Crippen LogP contribution >= 0.6 is 15.9 Å². The molecular formula is C10H8BrFN2. The van der Waals surface area contributed by atoms with Gasteiger partial charge in [-0.2, -0.15) is 0 Å². The normalized spacial score (nSPS) is 10.8. The highest BCUT2D eigenvalue weighted by atomic mass is 79.9. The van der Waals surface area contributed by atoms with Gasteiger partial charge in [0.15, 0.2) is 0 Å². The van der Waals surface area contributed by atoms with Gasteiger partial charge < -0.3 is 5.73 Å². The lowest BCUT2D eigenvalue weighted by atomic mass is 10.1. The summed E-state index contributed by atoms with van der Waals surface area (Å²) in [5, 5.41) is 1.70. The minimum absolute atomic E-state index is 0.285. The minimum atomic E-state index is -0.285. The molecule has 0 aliphatic carbocycles. The molecule has 0 atom stereocenters. The van der Waals surface area contributed by atoms with E-state index in [0.717, 1.165) is 15.2 Å². The number of hydrogen-bond donors (Lipinski definition) is 1. The lowest BCUT2D eigenvalue weighted by Gasteiger charge is -2.04. The predicted octanol–water partition coefficient (Wildman–Crippen LogP) is 2.60. The Hall–Kier alpha value is -1.00. The van der Waals surface area contributed by atoms with Gasteiger partial charge in [-0.05, 0) is 23.6 Å². The second-order valence-electron chi connectivity index (χ2n) is 2.94. The van der Waals surface area contributed by atoms with Crippen molar-refractivity contribution in [3.8, 4) is 0 Å². The monoisotopic (exact) mass is 254 g/mol. The molecule has 0 aliphatic heterocycles. The molecule has 1 heterocycles. The molecule has 0 radical (unpaired) electrons. The maximum absolute atomic E-state index is 13.1. The summed E-state index contributed by atoms with van der Waals surface area (Å²) in [6, 6.07) is 4.72. The van der Waals surface area contributed by atoms with Gasteiger partial charge in [0.2, 0.25) is 0 Å². The van der Waals surface area contributed by atoms with Crippen LogP contribution in [0.25, 0.3) is 10.8 Å². The van der Waals surface area contributed by atoms with Crippen molar-refractivity contribution in [2.24, 2.45) is 5.73 Å². The van der Waals surface area contributed by atoms with Crippen LogP contribution in [-0.2, 0) is 6.54 Å². The molecule has 0 amide bonds. The molecule has 0 saturated heterocycles. The molecule has 2 nitrogen and oxygen atoms in total. The quantitative estimate of drug-likeness (QED) is 0.850. The van der Waals surface area contributed by atoms with E-state index >= 15 is 0 Å². The molecule has 4 heteroatoms. The third-order valence-electron chi connectivity index (χ3n) is 2.07. The first kappa shape index (κ1) is 9.55. The fourth-order valence-corrected chi connectivity index (χ4v) is 1.99. The predicted molar refractivity (Wildman–Crippen MR) is 57.3 cm³/mol.